The lowest BCUT2D eigenvalue weighted by molar-refractivity contribution is 0.581. The van der Waals surface area contributed by atoms with Crippen LogP contribution in [0, 0.1) is 0 Å². The first-order valence-corrected chi connectivity index (χ1v) is 8.55. The van der Waals surface area contributed by atoms with Crippen molar-refractivity contribution in [3.05, 3.63) is 58.9 Å². The van der Waals surface area contributed by atoms with Gasteiger partial charge < -0.3 is 11.1 Å². The predicted octanol–water partition coefficient (Wildman–Crippen LogP) is 3.79. The van der Waals surface area contributed by atoms with E-state index in [1.165, 1.54) is 29.5 Å². The van der Waals surface area contributed by atoms with E-state index in [0.717, 1.165) is 17.7 Å². The van der Waals surface area contributed by atoms with Crippen molar-refractivity contribution in [3.63, 3.8) is 0 Å². The third kappa shape index (κ3) is 3.75. The van der Waals surface area contributed by atoms with Crippen molar-refractivity contribution >= 4 is 11.6 Å². The molecule has 0 radical (unpaired) electrons. The smallest absolute Gasteiger partial charge is 0.193 e. The number of pyridine rings is 1. The topological polar surface area (TPSA) is 63.3 Å². The van der Waals surface area contributed by atoms with Crippen LogP contribution in [-0.2, 0) is 24.8 Å². The van der Waals surface area contributed by atoms with Gasteiger partial charge in [0.15, 0.2) is 5.96 Å². The van der Waals surface area contributed by atoms with Gasteiger partial charge in [-0.2, -0.15) is 0 Å². The van der Waals surface area contributed by atoms with E-state index in [1.807, 2.05) is 12.4 Å². The molecule has 0 atom stereocenters. The number of anilines is 1. The molecule has 126 valence electrons. The summed E-state index contributed by atoms with van der Waals surface area (Å²) in [5, 5.41) is 3.21. The van der Waals surface area contributed by atoms with Gasteiger partial charge in [0.25, 0.3) is 0 Å². The first-order valence-electron chi connectivity index (χ1n) is 8.55. The van der Waals surface area contributed by atoms with E-state index in [-0.39, 0.29) is 5.41 Å². The molecule has 0 amide bonds. The molecule has 0 spiro atoms. The SMILES string of the molecule is CC(C)(C)c1ccncc1CN=C(N)Nc1ccc2c(c1)CCC2. The minimum absolute atomic E-state index is 0.0654. The van der Waals surface area contributed by atoms with Crippen LogP contribution in [0.15, 0.2) is 41.7 Å². The second-order valence-electron chi connectivity index (χ2n) is 7.45. The van der Waals surface area contributed by atoms with Crippen molar-refractivity contribution in [2.24, 2.45) is 10.7 Å². The molecule has 3 N–H and O–H groups in total. The number of aliphatic imine (C=N–C) groups is 1. The lowest BCUT2D eigenvalue weighted by Crippen LogP contribution is -2.23. The molecule has 4 heteroatoms. The number of guanidine groups is 1. The van der Waals surface area contributed by atoms with E-state index < -0.39 is 0 Å². The number of hydrogen-bond donors (Lipinski definition) is 2. The van der Waals surface area contributed by atoms with Crippen LogP contribution in [-0.4, -0.2) is 10.9 Å². The Balaban J connectivity index is 1.71. The van der Waals surface area contributed by atoms with Gasteiger partial charge >= 0.3 is 0 Å². The highest BCUT2D eigenvalue weighted by Gasteiger charge is 2.17. The van der Waals surface area contributed by atoms with Crippen LogP contribution in [0.25, 0.3) is 0 Å². The number of rotatable bonds is 3. The summed E-state index contributed by atoms with van der Waals surface area (Å²) >= 11 is 0. The zero-order chi connectivity index (χ0) is 17.2. The van der Waals surface area contributed by atoms with Crippen LogP contribution in [0.3, 0.4) is 0 Å². The average molecular weight is 322 g/mol. The molecule has 1 aliphatic rings. The molecule has 0 saturated heterocycles. The van der Waals surface area contributed by atoms with Crippen LogP contribution in [0.2, 0.25) is 0 Å². The van der Waals surface area contributed by atoms with Gasteiger partial charge in [-0.1, -0.05) is 26.8 Å². The number of nitrogens with zero attached hydrogens (tertiary/aromatic N) is 2. The van der Waals surface area contributed by atoms with Gasteiger partial charge in [0, 0.05) is 18.1 Å². The summed E-state index contributed by atoms with van der Waals surface area (Å²) in [6, 6.07) is 8.53. The van der Waals surface area contributed by atoms with Gasteiger partial charge in [0.2, 0.25) is 0 Å². The van der Waals surface area contributed by atoms with Crippen molar-refractivity contribution in [3.8, 4) is 0 Å². The first kappa shape index (κ1) is 16.5. The predicted molar refractivity (Wildman–Crippen MR) is 100 cm³/mol. The maximum Gasteiger partial charge on any atom is 0.193 e. The molecule has 2 aromatic rings. The molecular weight excluding hydrogens is 296 g/mol. The van der Waals surface area contributed by atoms with Crippen LogP contribution < -0.4 is 11.1 Å². The summed E-state index contributed by atoms with van der Waals surface area (Å²) in [6.07, 6.45) is 7.31. The quantitative estimate of drug-likeness (QED) is 0.667. The number of aryl methyl sites for hydroxylation is 2. The maximum absolute atomic E-state index is 6.08. The largest absolute Gasteiger partial charge is 0.370 e. The highest BCUT2D eigenvalue weighted by molar-refractivity contribution is 5.92. The molecule has 1 aliphatic carbocycles. The van der Waals surface area contributed by atoms with Crippen LogP contribution in [0.4, 0.5) is 5.69 Å². The molecule has 0 fully saturated rings. The number of nitrogens with one attached hydrogen (secondary N) is 1. The van der Waals surface area contributed by atoms with Crippen molar-refractivity contribution < 1.29 is 0 Å². The van der Waals surface area contributed by atoms with Gasteiger partial charge in [-0.25, -0.2) is 4.99 Å². The van der Waals surface area contributed by atoms with E-state index >= 15 is 0 Å². The number of hydrogen-bond acceptors (Lipinski definition) is 2. The molecule has 1 aromatic heterocycles. The van der Waals surface area contributed by atoms with Gasteiger partial charge in [-0.05, 0) is 65.1 Å². The Labute approximate surface area is 144 Å². The Morgan fingerprint density at radius 3 is 2.79 bits per heavy atom. The van der Waals surface area contributed by atoms with E-state index in [9.17, 15) is 0 Å². The Morgan fingerprint density at radius 1 is 1.21 bits per heavy atom. The van der Waals surface area contributed by atoms with Crippen LogP contribution in [0.5, 0.6) is 0 Å². The molecule has 0 unspecified atom stereocenters. The minimum Gasteiger partial charge on any atom is -0.370 e. The molecule has 24 heavy (non-hydrogen) atoms. The first-order chi connectivity index (χ1) is 11.4. The second kappa shape index (κ2) is 6.63. The summed E-state index contributed by atoms with van der Waals surface area (Å²) in [5.41, 5.74) is 12.4. The van der Waals surface area contributed by atoms with Gasteiger partial charge in [-0.15, -0.1) is 0 Å². The van der Waals surface area contributed by atoms with E-state index in [0.29, 0.717) is 12.5 Å². The minimum atomic E-state index is 0.0654. The Bertz CT molecular complexity index is 756. The number of benzene rings is 1. The summed E-state index contributed by atoms with van der Waals surface area (Å²) < 4.78 is 0. The third-order valence-corrected chi connectivity index (χ3v) is 4.50. The molecular formula is C20H26N4. The second-order valence-corrected chi connectivity index (χ2v) is 7.45. The highest BCUT2D eigenvalue weighted by atomic mass is 15.1. The molecule has 1 aromatic carbocycles. The van der Waals surface area contributed by atoms with Crippen LogP contribution >= 0.6 is 0 Å². The fraction of sp³-hybridized carbons (Fsp3) is 0.400. The summed E-state index contributed by atoms with van der Waals surface area (Å²) in [4.78, 5) is 8.73. The third-order valence-electron chi connectivity index (χ3n) is 4.50. The zero-order valence-electron chi connectivity index (χ0n) is 14.8. The monoisotopic (exact) mass is 322 g/mol. The molecule has 1 heterocycles. The molecule has 0 bridgehead atoms. The van der Waals surface area contributed by atoms with Gasteiger partial charge in [-0.3, -0.25) is 4.98 Å². The molecule has 4 nitrogen and oxygen atoms in total. The Morgan fingerprint density at radius 2 is 2.00 bits per heavy atom. The average Bonchev–Trinajstić information content (AvgIpc) is 3.00. The van der Waals surface area contributed by atoms with Gasteiger partial charge in [0.1, 0.15) is 0 Å². The number of aromatic nitrogens is 1. The lowest BCUT2D eigenvalue weighted by atomic mass is 9.85. The zero-order valence-corrected chi connectivity index (χ0v) is 14.8. The van der Waals surface area contributed by atoms with E-state index in [2.05, 4.69) is 60.3 Å². The van der Waals surface area contributed by atoms with Crippen molar-refractivity contribution in [1.82, 2.24) is 4.98 Å². The Hall–Kier alpha value is -2.36. The maximum atomic E-state index is 6.08. The highest BCUT2D eigenvalue weighted by Crippen LogP contribution is 2.26. The number of nitrogens with two attached hydrogens (primary N) is 1. The molecule has 3 rings (SSSR count). The van der Waals surface area contributed by atoms with Crippen molar-refractivity contribution in [2.75, 3.05) is 5.32 Å². The fourth-order valence-electron chi connectivity index (χ4n) is 3.29. The standard InChI is InChI=1S/C20H26N4/c1-20(2,3)18-9-10-22-12-16(18)13-23-19(21)24-17-8-7-14-5-4-6-15(14)11-17/h7-12H,4-6,13H2,1-3H3,(H3,21,23,24). The Kier molecular flexibility index (Phi) is 4.56. The summed E-state index contributed by atoms with van der Waals surface area (Å²) in [6.45, 7) is 7.12. The number of fused-ring (bicyclic) bond motifs is 1. The van der Waals surface area contributed by atoms with E-state index in [1.54, 1.807) is 0 Å². The van der Waals surface area contributed by atoms with E-state index in [4.69, 9.17) is 5.73 Å². The summed E-state index contributed by atoms with van der Waals surface area (Å²) in [7, 11) is 0. The molecule has 0 aliphatic heterocycles. The van der Waals surface area contributed by atoms with Crippen LogP contribution in [0.1, 0.15) is 49.4 Å². The molecule has 0 saturated carbocycles. The normalized spacial score (nSPS) is 14.5. The lowest BCUT2D eigenvalue weighted by Gasteiger charge is -2.21. The van der Waals surface area contributed by atoms with Crippen molar-refractivity contribution in [1.29, 1.82) is 0 Å². The fourth-order valence-corrected chi connectivity index (χ4v) is 3.29. The van der Waals surface area contributed by atoms with Crippen molar-refractivity contribution in [2.45, 2.75) is 52.0 Å². The summed E-state index contributed by atoms with van der Waals surface area (Å²) in [5.74, 6) is 0.441. The van der Waals surface area contributed by atoms with Gasteiger partial charge in [0.05, 0.1) is 6.54 Å².